The van der Waals surface area contributed by atoms with E-state index in [1.54, 1.807) is 0 Å². The van der Waals surface area contributed by atoms with Crippen LogP contribution in [0.15, 0.2) is 127 Å². The first-order valence-electron chi connectivity index (χ1n) is 12.8. The van der Waals surface area contributed by atoms with Crippen molar-refractivity contribution >= 4 is 11.6 Å². The molecule has 186 valence electrons. The number of allylic oxidation sites excluding steroid dienone is 10. The van der Waals surface area contributed by atoms with Crippen molar-refractivity contribution in [1.82, 2.24) is 0 Å². The summed E-state index contributed by atoms with van der Waals surface area (Å²) in [5, 5.41) is 0. The number of aryl methyl sites for hydroxylation is 1. The summed E-state index contributed by atoms with van der Waals surface area (Å²) in [6.07, 6.45) is 11.3. The van der Waals surface area contributed by atoms with Gasteiger partial charge in [0.1, 0.15) is 0 Å². The van der Waals surface area contributed by atoms with E-state index in [9.17, 15) is 0 Å². The van der Waals surface area contributed by atoms with Gasteiger partial charge in [-0.05, 0) is 71.8 Å². The summed E-state index contributed by atoms with van der Waals surface area (Å²) in [6.45, 7) is 29.1. The monoisotopic (exact) mass is 466 g/mol. The van der Waals surface area contributed by atoms with Gasteiger partial charge in [0.25, 0.3) is 0 Å². The number of hydrogen-bond acceptors (Lipinski definition) is 0. The van der Waals surface area contributed by atoms with Crippen molar-refractivity contribution in [2.45, 2.75) is 61.8 Å². The summed E-state index contributed by atoms with van der Waals surface area (Å²) in [5.41, 5.74) is 10.1. The molecular formula is C35H46. The van der Waals surface area contributed by atoms with Gasteiger partial charge in [-0.3, -0.25) is 0 Å². The largest absolute Gasteiger partial charge is 0.0990 e. The highest BCUT2D eigenvalue weighted by Gasteiger charge is 2.18. The van der Waals surface area contributed by atoms with Gasteiger partial charge in [0.05, 0.1) is 0 Å². The molecule has 2 rings (SSSR count). The quantitative estimate of drug-likeness (QED) is 0.322. The highest BCUT2D eigenvalue weighted by molar-refractivity contribution is 5.91. The van der Waals surface area contributed by atoms with Gasteiger partial charge < -0.3 is 0 Å². The fraction of sp³-hybridized carbons (Fsp3) is 0.257. The predicted octanol–water partition coefficient (Wildman–Crippen LogP) is 11.1. The lowest BCUT2D eigenvalue weighted by Gasteiger charge is -2.21. The molecule has 0 N–H and O–H groups in total. The van der Waals surface area contributed by atoms with Gasteiger partial charge in [-0.15, -0.1) is 0 Å². The number of rotatable bonds is 9. The van der Waals surface area contributed by atoms with Crippen molar-refractivity contribution in [2.75, 3.05) is 0 Å². The minimum atomic E-state index is 0.932. The van der Waals surface area contributed by atoms with Gasteiger partial charge >= 0.3 is 0 Å². The SMILES string of the molecule is C=C/C=C(C(=C/C)\CC)/C(=C(\C(=C)C)C(=C)/C=C/c1ccc(C)cc1)c1ccccc1.CC.CC. The lowest BCUT2D eigenvalue weighted by atomic mass is 9.82. The Morgan fingerprint density at radius 1 is 0.886 bits per heavy atom. The predicted molar refractivity (Wildman–Crippen MR) is 163 cm³/mol. The van der Waals surface area contributed by atoms with E-state index < -0.39 is 0 Å². The van der Waals surface area contributed by atoms with Gasteiger partial charge in [0.15, 0.2) is 0 Å². The highest BCUT2D eigenvalue weighted by atomic mass is 14.2. The molecule has 0 saturated carbocycles. The van der Waals surface area contributed by atoms with Crippen LogP contribution < -0.4 is 0 Å². The fourth-order valence-corrected chi connectivity index (χ4v) is 3.66. The third-order valence-corrected chi connectivity index (χ3v) is 5.24. The molecule has 0 saturated heterocycles. The Labute approximate surface area is 216 Å². The van der Waals surface area contributed by atoms with Gasteiger partial charge in [0, 0.05) is 0 Å². The van der Waals surface area contributed by atoms with Crippen LogP contribution in [0.5, 0.6) is 0 Å². The van der Waals surface area contributed by atoms with Crippen LogP contribution >= 0.6 is 0 Å². The van der Waals surface area contributed by atoms with E-state index in [4.69, 9.17) is 0 Å². The molecule has 0 aliphatic rings. The van der Waals surface area contributed by atoms with Crippen LogP contribution in [0.1, 0.15) is 71.6 Å². The van der Waals surface area contributed by atoms with E-state index in [0.29, 0.717) is 0 Å². The molecule has 2 aromatic rings. The zero-order chi connectivity index (χ0) is 26.8. The number of hydrogen-bond donors (Lipinski definition) is 0. The summed E-state index contributed by atoms with van der Waals surface area (Å²) in [5.74, 6) is 0. The van der Waals surface area contributed by atoms with Crippen LogP contribution in [0, 0.1) is 6.92 Å². The fourth-order valence-electron chi connectivity index (χ4n) is 3.66. The molecule has 0 heterocycles. The Bertz CT molecular complexity index is 1050. The van der Waals surface area contributed by atoms with E-state index in [1.807, 2.05) is 39.8 Å². The lowest BCUT2D eigenvalue weighted by Crippen LogP contribution is -2.01. The van der Waals surface area contributed by atoms with E-state index >= 15 is 0 Å². The smallest absolute Gasteiger partial charge is 0.00280 e. The molecule has 0 unspecified atom stereocenters. The molecule has 0 atom stereocenters. The van der Waals surface area contributed by atoms with E-state index in [0.717, 1.165) is 45.4 Å². The Morgan fingerprint density at radius 2 is 1.46 bits per heavy atom. The molecule has 2 aromatic carbocycles. The first kappa shape index (κ1) is 31.6. The zero-order valence-corrected chi connectivity index (χ0v) is 23.4. The Morgan fingerprint density at radius 3 is 1.91 bits per heavy atom. The third kappa shape index (κ3) is 9.79. The first-order chi connectivity index (χ1) is 16.9. The minimum absolute atomic E-state index is 0.932. The van der Waals surface area contributed by atoms with Crippen LogP contribution in [-0.4, -0.2) is 0 Å². The second kappa shape index (κ2) is 18.0. The molecule has 0 heteroatoms. The number of benzene rings is 2. The average molecular weight is 467 g/mol. The summed E-state index contributed by atoms with van der Waals surface area (Å²) in [7, 11) is 0. The van der Waals surface area contributed by atoms with Gasteiger partial charge in [-0.25, -0.2) is 0 Å². The van der Waals surface area contributed by atoms with Crippen molar-refractivity contribution in [3.8, 4) is 0 Å². The van der Waals surface area contributed by atoms with Crippen LogP contribution in [0.25, 0.3) is 11.6 Å². The second-order valence-electron chi connectivity index (χ2n) is 7.65. The Hall–Kier alpha value is -3.38. The molecule has 0 aromatic heterocycles. The second-order valence-corrected chi connectivity index (χ2v) is 7.65. The molecule has 0 nitrogen and oxygen atoms in total. The first-order valence-corrected chi connectivity index (χ1v) is 12.8. The minimum Gasteiger partial charge on any atom is -0.0990 e. The molecule has 0 bridgehead atoms. The molecular weight excluding hydrogens is 420 g/mol. The summed E-state index contributed by atoms with van der Waals surface area (Å²) < 4.78 is 0. The maximum absolute atomic E-state index is 4.43. The molecule has 0 fully saturated rings. The van der Waals surface area contributed by atoms with Crippen molar-refractivity contribution in [3.63, 3.8) is 0 Å². The molecule has 0 aliphatic carbocycles. The van der Waals surface area contributed by atoms with Gasteiger partial charge in [0.2, 0.25) is 0 Å². The summed E-state index contributed by atoms with van der Waals surface area (Å²) in [4.78, 5) is 0. The Balaban J connectivity index is 0.00000274. The summed E-state index contributed by atoms with van der Waals surface area (Å²) >= 11 is 0. The third-order valence-electron chi connectivity index (χ3n) is 5.24. The Kier molecular flexibility index (Phi) is 16.3. The summed E-state index contributed by atoms with van der Waals surface area (Å²) in [6, 6.07) is 19.0. The van der Waals surface area contributed by atoms with Crippen LogP contribution in [0.3, 0.4) is 0 Å². The molecule has 0 spiro atoms. The van der Waals surface area contributed by atoms with Crippen LogP contribution in [-0.2, 0) is 0 Å². The standard InChI is InChI=1S/C31H34.2C2H6/c1-8-14-29(27(9-2)10-3)31(28-15-12-11-13-16-28)30(23(4)5)25(7)19-22-26-20-17-24(6)18-21-26;2*1-2/h8-9,11-22H,1,4,7,10H2,2-3,5-6H3;2*1-2H3/b22-19+,27-9-,29-14+,31-30+;;. The zero-order valence-electron chi connectivity index (χ0n) is 23.4. The normalized spacial score (nSPS) is 12.0. The van der Waals surface area contributed by atoms with E-state index in [-0.39, 0.29) is 0 Å². The lowest BCUT2D eigenvalue weighted by molar-refractivity contribution is 1.12. The molecule has 0 amide bonds. The van der Waals surface area contributed by atoms with Crippen LogP contribution in [0.2, 0.25) is 0 Å². The van der Waals surface area contributed by atoms with Crippen LogP contribution in [0.4, 0.5) is 0 Å². The van der Waals surface area contributed by atoms with Crippen molar-refractivity contribution in [2.24, 2.45) is 0 Å². The highest BCUT2D eigenvalue weighted by Crippen LogP contribution is 2.38. The topological polar surface area (TPSA) is 0 Å². The molecule has 0 radical (unpaired) electrons. The molecule has 35 heavy (non-hydrogen) atoms. The maximum atomic E-state index is 4.43. The molecule has 0 aliphatic heterocycles. The van der Waals surface area contributed by atoms with Crippen molar-refractivity contribution in [1.29, 1.82) is 0 Å². The van der Waals surface area contributed by atoms with E-state index in [1.165, 1.54) is 11.1 Å². The maximum Gasteiger partial charge on any atom is -0.00280 e. The van der Waals surface area contributed by atoms with Gasteiger partial charge in [-0.2, -0.15) is 0 Å². The van der Waals surface area contributed by atoms with Gasteiger partial charge in [-0.1, -0.05) is 145 Å². The van der Waals surface area contributed by atoms with Crippen molar-refractivity contribution < 1.29 is 0 Å². The van der Waals surface area contributed by atoms with Crippen molar-refractivity contribution in [3.05, 3.63) is 143 Å². The average Bonchev–Trinajstić information content (AvgIpc) is 2.89. The van der Waals surface area contributed by atoms with E-state index in [2.05, 4.69) is 120 Å².